The Labute approximate surface area is 105 Å². The Kier molecular flexibility index (Phi) is 3.92. The van der Waals surface area contributed by atoms with E-state index in [1.54, 1.807) is 45.2 Å². The zero-order chi connectivity index (χ0) is 10.9. The first-order valence-electron chi connectivity index (χ1n) is 3.21. The fourth-order valence-corrected chi connectivity index (χ4v) is 2.01. The molecule has 0 unspecified atom stereocenters. The molecule has 0 saturated carbocycles. The van der Waals surface area contributed by atoms with Crippen LogP contribution >= 0.6 is 45.2 Å². The summed E-state index contributed by atoms with van der Waals surface area (Å²) in [7, 11) is 0. The van der Waals surface area contributed by atoms with Gasteiger partial charge in [0.15, 0.2) is 0 Å². The Balaban J connectivity index is 3.33. The third-order valence-corrected chi connectivity index (χ3v) is 4.59. The lowest BCUT2D eigenvalue weighted by atomic mass is 10.3. The lowest BCUT2D eigenvalue weighted by molar-refractivity contribution is -0.386. The maximum Gasteiger partial charge on any atom is 0.301 e. The quantitative estimate of drug-likeness (QED) is 0.415. The molecule has 1 aromatic heterocycles. The number of hydrogen-bond acceptors (Lipinski definition) is 3. The summed E-state index contributed by atoms with van der Waals surface area (Å²) in [5, 5.41) is 10.4. The van der Waals surface area contributed by atoms with Crippen LogP contribution in [0.15, 0.2) is 6.20 Å². The van der Waals surface area contributed by atoms with E-state index < -0.39 is 17.0 Å². The number of nitro groups is 1. The molecule has 0 aliphatic carbocycles. The van der Waals surface area contributed by atoms with Crippen LogP contribution < -0.4 is 0 Å². The predicted octanol–water partition coefficient (Wildman–Crippen LogP) is 3.14. The van der Waals surface area contributed by atoms with Gasteiger partial charge in [-0.05, 0) is 45.2 Å². The van der Waals surface area contributed by atoms with Crippen molar-refractivity contribution in [1.29, 1.82) is 0 Å². The number of nitrogens with zero attached hydrogens (tertiary/aromatic N) is 2. The molecular formula is C6H2F2I2N2O2. The molecule has 1 heterocycles. The average molecular weight is 426 g/mol. The van der Waals surface area contributed by atoms with Crippen molar-refractivity contribution in [3.05, 3.63) is 29.1 Å². The Morgan fingerprint density at radius 2 is 2.00 bits per heavy atom. The third-order valence-electron chi connectivity index (χ3n) is 1.37. The van der Waals surface area contributed by atoms with Crippen molar-refractivity contribution >= 4 is 50.9 Å². The van der Waals surface area contributed by atoms with Gasteiger partial charge < -0.3 is 0 Å². The molecule has 0 aliphatic heterocycles. The number of rotatable bonds is 2. The van der Waals surface area contributed by atoms with Crippen molar-refractivity contribution in [3.63, 3.8) is 0 Å². The van der Waals surface area contributed by atoms with E-state index in [1.807, 2.05) is 0 Å². The van der Waals surface area contributed by atoms with E-state index in [1.165, 1.54) is 0 Å². The van der Waals surface area contributed by atoms with E-state index >= 15 is 0 Å². The lowest BCUT2D eigenvalue weighted by Gasteiger charge is -2.03. The number of halogens is 4. The van der Waals surface area contributed by atoms with Crippen molar-refractivity contribution in [2.45, 2.75) is 6.43 Å². The van der Waals surface area contributed by atoms with Gasteiger partial charge in [0.2, 0.25) is 0 Å². The molecule has 0 aliphatic rings. The normalized spacial score (nSPS) is 10.6. The van der Waals surface area contributed by atoms with Gasteiger partial charge in [-0.3, -0.25) is 10.1 Å². The van der Waals surface area contributed by atoms with Crippen molar-refractivity contribution in [3.8, 4) is 0 Å². The molecule has 0 N–H and O–H groups in total. The van der Waals surface area contributed by atoms with Crippen LogP contribution in [0.5, 0.6) is 0 Å². The van der Waals surface area contributed by atoms with Crippen LogP contribution in [0.4, 0.5) is 14.5 Å². The van der Waals surface area contributed by atoms with Crippen LogP contribution in [0.2, 0.25) is 0 Å². The van der Waals surface area contributed by atoms with Crippen LogP contribution in [0.3, 0.4) is 0 Å². The van der Waals surface area contributed by atoms with E-state index in [0.717, 1.165) is 6.20 Å². The fourth-order valence-electron chi connectivity index (χ4n) is 0.748. The first-order chi connectivity index (χ1) is 6.45. The minimum atomic E-state index is -2.71. The van der Waals surface area contributed by atoms with Gasteiger partial charge >= 0.3 is 5.69 Å². The SMILES string of the molecule is O=[N+]([O-])c1cnc(C(F)F)c(I)c1I. The predicted molar refractivity (Wildman–Crippen MR) is 61.3 cm³/mol. The van der Waals surface area contributed by atoms with Gasteiger partial charge in [0, 0.05) is 0 Å². The van der Waals surface area contributed by atoms with Crippen molar-refractivity contribution < 1.29 is 13.7 Å². The molecule has 14 heavy (non-hydrogen) atoms. The molecule has 1 rings (SSSR count). The van der Waals surface area contributed by atoms with E-state index in [-0.39, 0.29) is 12.8 Å². The molecule has 1 aromatic rings. The summed E-state index contributed by atoms with van der Waals surface area (Å²) in [4.78, 5) is 13.1. The Bertz CT molecular complexity index is 386. The minimum absolute atomic E-state index is 0.132. The van der Waals surface area contributed by atoms with Gasteiger partial charge in [-0.2, -0.15) is 0 Å². The Hall–Kier alpha value is -0.130. The Morgan fingerprint density at radius 3 is 2.43 bits per heavy atom. The summed E-state index contributed by atoms with van der Waals surface area (Å²) < 4.78 is 24.9. The minimum Gasteiger partial charge on any atom is -0.258 e. The smallest absolute Gasteiger partial charge is 0.258 e. The largest absolute Gasteiger partial charge is 0.301 e. The second-order valence-corrected chi connectivity index (χ2v) is 4.37. The number of aromatic nitrogens is 1. The fraction of sp³-hybridized carbons (Fsp3) is 0.167. The van der Waals surface area contributed by atoms with Crippen LogP contribution in [0.1, 0.15) is 12.1 Å². The molecule has 76 valence electrons. The second kappa shape index (κ2) is 4.59. The topological polar surface area (TPSA) is 56.0 Å². The summed E-state index contributed by atoms with van der Waals surface area (Å²) >= 11 is 3.28. The molecule has 4 nitrogen and oxygen atoms in total. The standard InChI is InChI=1S/C6H2F2I2N2O2/c7-6(8)5-4(10)3(9)2(1-11-5)12(13)14/h1,6H. The molecular weight excluding hydrogens is 424 g/mol. The molecule has 8 heteroatoms. The molecule has 0 fully saturated rings. The average Bonchev–Trinajstić information content (AvgIpc) is 2.08. The monoisotopic (exact) mass is 426 g/mol. The highest BCUT2D eigenvalue weighted by atomic mass is 127. The molecule has 0 spiro atoms. The lowest BCUT2D eigenvalue weighted by Crippen LogP contribution is -2.01. The first-order valence-corrected chi connectivity index (χ1v) is 5.37. The molecule has 0 bridgehead atoms. The summed E-state index contributed by atoms with van der Waals surface area (Å²) in [6.07, 6.45) is -1.86. The maximum absolute atomic E-state index is 12.3. The number of alkyl halides is 2. The molecule has 0 aromatic carbocycles. The van der Waals surface area contributed by atoms with Crippen molar-refractivity contribution in [1.82, 2.24) is 4.98 Å². The highest BCUT2D eigenvalue weighted by Gasteiger charge is 2.22. The van der Waals surface area contributed by atoms with Crippen molar-refractivity contribution in [2.75, 3.05) is 0 Å². The molecule has 0 atom stereocenters. The molecule has 0 saturated heterocycles. The van der Waals surface area contributed by atoms with Gasteiger partial charge in [-0.15, -0.1) is 0 Å². The highest BCUT2D eigenvalue weighted by molar-refractivity contribution is 14.1. The Morgan fingerprint density at radius 1 is 1.43 bits per heavy atom. The van der Waals surface area contributed by atoms with Crippen molar-refractivity contribution in [2.24, 2.45) is 0 Å². The first kappa shape index (κ1) is 11.9. The van der Waals surface area contributed by atoms with E-state index in [9.17, 15) is 18.9 Å². The van der Waals surface area contributed by atoms with Crippen LogP contribution in [-0.2, 0) is 0 Å². The molecule has 0 amide bonds. The van der Waals surface area contributed by atoms with Crippen LogP contribution in [-0.4, -0.2) is 9.91 Å². The zero-order valence-electron chi connectivity index (χ0n) is 6.38. The van der Waals surface area contributed by atoms with E-state index in [0.29, 0.717) is 0 Å². The summed E-state index contributed by atoms with van der Waals surface area (Å²) in [6.45, 7) is 0. The summed E-state index contributed by atoms with van der Waals surface area (Å²) in [6, 6.07) is 0. The highest BCUT2D eigenvalue weighted by Crippen LogP contribution is 2.31. The summed E-state index contributed by atoms with van der Waals surface area (Å²) in [5.41, 5.74) is -0.667. The summed E-state index contributed by atoms with van der Waals surface area (Å²) in [5.74, 6) is 0. The molecule has 0 radical (unpaired) electrons. The maximum atomic E-state index is 12.3. The van der Waals surface area contributed by atoms with Crippen LogP contribution in [0.25, 0.3) is 0 Å². The van der Waals surface area contributed by atoms with E-state index in [4.69, 9.17) is 0 Å². The third kappa shape index (κ3) is 2.27. The van der Waals surface area contributed by atoms with Gasteiger partial charge in [-0.25, -0.2) is 13.8 Å². The van der Waals surface area contributed by atoms with Crippen LogP contribution in [0, 0.1) is 17.3 Å². The van der Waals surface area contributed by atoms with Gasteiger partial charge in [-0.1, -0.05) is 0 Å². The van der Waals surface area contributed by atoms with Gasteiger partial charge in [0.1, 0.15) is 15.5 Å². The zero-order valence-corrected chi connectivity index (χ0v) is 10.7. The van der Waals surface area contributed by atoms with Gasteiger partial charge in [0.05, 0.1) is 8.49 Å². The number of hydrogen-bond donors (Lipinski definition) is 0. The van der Waals surface area contributed by atoms with E-state index in [2.05, 4.69) is 4.98 Å². The second-order valence-electron chi connectivity index (χ2n) is 2.21. The van der Waals surface area contributed by atoms with Gasteiger partial charge in [0.25, 0.3) is 6.43 Å². The number of pyridine rings is 1.